The van der Waals surface area contributed by atoms with Crippen molar-refractivity contribution in [2.24, 2.45) is 5.73 Å². The number of benzene rings is 3. The van der Waals surface area contributed by atoms with Crippen LogP contribution in [0, 0.1) is 0 Å². The van der Waals surface area contributed by atoms with Gasteiger partial charge in [-0.05, 0) is 35.9 Å². The predicted octanol–water partition coefficient (Wildman–Crippen LogP) is 2.12. The van der Waals surface area contributed by atoms with Gasteiger partial charge in [-0.15, -0.1) is 0 Å². The number of aliphatic hydroxyl groups excluding tert-OH is 1. The zero-order valence-electron chi connectivity index (χ0n) is 17.7. The van der Waals surface area contributed by atoms with E-state index in [-0.39, 0.29) is 24.1 Å². The molecular formula is C24H24N6O3. The fourth-order valence-electron chi connectivity index (χ4n) is 3.01. The van der Waals surface area contributed by atoms with Crippen LogP contribution in [0.1, 0.15) is 15.9 Å². The van der Waals surface area contributed by atoms with E-state index in [1.54, 1.807) is 42.5 Å². The number of carbonyl (C=O) groups is 2. The van der Waals surface area contributed by atoms with Crippen LogP contribution in [-0.2, 0) is 11.2 Å². The number of aromatic nitrogens is 2. The first-order valence-corrected chi connectivity index (χ1v) is 10.0. The quantitative estimate of drug-likeness (QED) is 0.314. The molecule has 0 saturated carbocycles. The van der Waals surface area contributed by atoms with Crippen LogP contribution in [0.3, 0.4) is 0 Å². The van der Waals surface area contributed by atoms with E-state index >= 15 is 0 Å². The summed E-state index contributed by atoms with van der Waals surface area (Å²) in [7, 11) is 0. The number of amides is 2. The smallest absolute Gasteiger partial charge is 0.253 e. The van der Waals surface area contributed by atoms with Gasteiger partial charge in [0.2, 0.25) is 11.9 Å². The third-order valence-corrected chi connectivity index (χ3v) is 4.64. The standard InChI is InChI=1S/C17H17N5O2.C7H7NO/c18-15-12-9-11(6-7-13(12)21-17(19)22-15)20-16(24)14(23)8-10-4-2-1-3-5-10;8-7(9)6-4-2-1-3-5-6/h1-7,9,14,23H,8H2,(H,20,24)(H4,18,19,21,22);1-5H,(H2,8,9). The molecule has 0 bridgehead atoms. The van der Waals surface area contributed by atoms with Crippen molar-refractivity contribution in [3.63, 3.8) is 0 Å². The molecule has 0 fully saturated rings. The largest absolute Gasteiger partial charge is 0.383 e. The van der Waals surface area contributed by atoms with Gasteiger partial charge in [-0.1, -0.05) is 48.5 Å². The van der Waals surface area contributed by atoms with Crippen LogP contribution in [0.4, 0.5) is 17.5 Å². The number of nitrogens with one attached hydrogen (secondary N) is 1. The topological polar surface area (TPSA) is 170 Å². The lowest BCUT2D eigenvalue weighted by atomic mass is 10.1. The molecule has 1 aromatic heterocycles. The van der Waals surface area contributed by atoms with Crippen LogP contribution >= 0.6 is 0 Å². The Morgan fingerprint density at radius 3 is 2.15 bits per heavy atom. The Bertz CT molecular complexity index is 1250. The monoisotopic (exact) mass is 444 g/mol. The molecular weight excluding hydrogens is 420 g/mol. The van der Waals surface area contributed by atoms with E-state index in [2.05, 4.69) is 15.3 Å². The number of primary amides is 1. The predicted molar refractivity (Wildman–Crippen MR) is 128 cm³/mol. The first-order valence-electron chi connectivity index (χ1n) is 10.0. The Hall–Kier alpha value is -4.50. The summed E-state index contributed by atoms with van der Waals surface area (Å²) >= 11 is 0. The SMILES string of the molecule is NC(=O)c1ccccc1.Nc1nc(N)c2cc(NC(=O)C(O)Cc3ccccc3)ccc2n1. The maximum absolute atomic E-state index is 12.1. The Kier molecular flexibility index (Phi) is 7.51. The summed E-state index contributed by atoms with van der Waals surface area (Å²) < 4.78 is 0. The van der Waals surface area contributed by atoms with Crippen molar-refractivity contribution in [1.29, 1.82) is 0 Å². The maximum Gasteiger partial charge on any atom is 0.253 e. The van der Waals surface area contributed by atoms with E-state index in [9.17, 15) is 14.7 Å². The van der Waals surface area contributed by atoms with E-state index in [0.29, 0.717) is 22.2 Å². The molecule has 168 valence electrons. The average molecular weight is 444 g/mol. The zero-order chi connectivity index (χ0) is 23.8. The summed E-state index contributed by atoms with van der Waals surface area (Å²) in [4.78, 5) is 30.5. The molecule has 0 aliphatic rings. The summed E-state index contributed by atoms with van der Waals surface area (Å²) in [5.41, 5.74) is 18.9. The zero-order valence-corrected chi connectivity index (χ0v) is 17.7. The number of aliphatic hydroxyl groups is 1. The van der Waals surface area contributed by atoms with Crippen molar-refractivity contribution in [2.45, 2.75) is 12.5 Å². The Morgan fingerprint density at radius 2 is 1.55 bits per heavy atom. The minimum atomic E-state index is -1.15. The van der Waals surface area contributed by atoms with E-state index in [1.807, 2.05) is 36.4 Å². The second kappa shape index (κ2) is 10.7. The molecule has 1 unspecified atom stereocenters. The number of fused-ring (bicyclic) bond motifs is 1. The summed E-state index contributed by atoms with van der Waals surface area (Å²) in [6.07, 6.45) is -0.912. The summed E-state index contributed by atoms with van der Waals surface area (Å²) in [5.74, 6) is -0.544. The van der Waals surface area contributed by atoms with Crippen LogP contribution in [0.2, 0.25) is 0 Å². The lowest BCUT2D eigenvalue weighted by Crippen LogP contribution is -2.29. The van der Waals surface area contributed by atoms with Crippen LogP contribution in [0.15, 0.2) is 78.9 Å². The summed E-state index contributed by atoms with van der Waals surface area (Å²) in [6.45, 7) is 0. The van der Waals surface area contributed by atoms with Crippen molar-refractivity contribution in [1.82, 2.24) is 9.97 Å². The molecule has 0 saturated heterocycles. The number of rotatable bonds is 5. The van der Waals surface area contributed by atoms with Gasteiger partial charge in [-0.3, -0.25) is 9.59 Å². The van der Waals surface area contributed by atoms with Gasteiger partial charge >= 0.3 is 0 Å². The fraction of sp³-hybridized carbons (Fsp3) is 0.0833. The average Bonchev–Trinajstić information content (AvgIpc) is 2.81. The van der Waals surface area contributed by atoms with Gasteiger partial charge in [0, 0.05) is 23.1 Å². The minimum absolute atomic E-state index is 0.0927. The van der Waals surface area contributed by atoms with Gasteiger partial charge < -0.3 is 27.6 Å². The van der Waals surface area contributed by atoms with Gasteiger partial charge in [0.15, 0.2) is 0 Å². The van der Waals surface area contributed by atoms with E-state index in [0.717, 1.165) is 5.56 Å². The van der Waals surface area contributed by atoms with Crippen LogP contribution in [0.5, 0.6) is 0 Å². The number of carbonyl (C=O) groups excluding carboxylic acids is 2. The molecule has 4 aromatic rings. The number of nitrogen functional groups attached to an aromatic ring is 2. The minimum Gasteiger partial charge on any atom is -0.383 e. The van der Waals surface area contributed by atoms with E-state index < -0.39 is 12.0 Å². The third kappa shape index (κ3) is 6.49. The molecule has 2 amide bonds. The third-order valence-electron chi connectivity index (χ3n) is 4.64. The highest BCUT2D eigenvalue weighted by Crippen LogP contribution is 2.23. The molecule has 0 aliphatic heterocycles. The molecule has 1 heterocycles. The van der Waals surface area contributed by atoms with E-state index in [4.69, 9.17) is 17.2 Å². The first kappa shape index (κ1) is 23.2. The van der Waals surface area contributed by atoms with Crippen LogP contribution in [0.25, 0.3) is 10.9 Å². The number of hydrogen-bond acceptors (Lipinski definition) is 7. The molecule has 9 heteroatoms. The normalized spacial score (nSPS) is 11.2. The molecule has 8 N–H and O–H groups in total. The van der Waals surface area contributed by atoms with Gasteiger partial charge in [0.05, 0.1) is 5.52 Å². The molecule has 33 heavy (non-hydrogen) atoms. The maximum atomic E-state index is 12.1. The van der Waals surface area contributed by atoms with Gasteiger partial charge in [-0.25, -0.2) is 4.98 Å². The van der Waals surface area contributed by atoms with Gasteiger partial charge in [-0.2, -0.15) is 4.98 Å². The molecule has 0 aliphatic carbocycles. The number of anilines is 3. The molecule has 4 rings (SSSR count). The Balaban J connectivity index is 0.000000286. The second-order valence-electron chi connectivity index (χ2n) is 7.12. The Morgan fingerprint density at radius 1 is 0.909 bits per heavy atom. The van der Waals surface area contributed by atoms with Crippen molar-refractivity contribution >= 4 is 40.2 Å². The summed E-state index contributed by atoms with van der Waals surface area (Å²) in [6, 6.07) is 23.1. The van der Waals surface area contributed by atoms with Crippen molar-refractivity contribution in [2.75, 3.05) is 16.8 Å². The second-order valence-corrected chi connectivity index (χ2v) is 7.12. The number of hydrogen-bond donors (Lipinski definition) is 5. The fourth-order valence-corrected chi connectivity index (χ4v) is 3.01. The highest BCUT2D eigenvalue weighted by atomic mass is 16.3. The summed E-state index contributed by atoms with van der Waals surface area (Å²) in [5, 5.41) is 13.3. The van der Waals surface area contributed by atoms with Crippen molar-refractivity contribution < 1.29 is 14.7 Å². The molecule has 3 aromatic carbocycles. The lowest BCUT2D eigenvalue weighted by molar-refractivity contribution is -0.123. The van der Waals surface area contributed by atoms with Gasteiger partial charge in [0.25, 0.3) is 5.91 Å². The van der Waals surface area contributed by atoms with Crippen molar-refractivity contribution in [3.05, 3.63) is 90.0 Å². The molecule has 0 radical (unpaired) electrons. The van der Waals surface area contributed by atoms with Crippen molar-refractivity contribution in [3.8, 4) is 0 Å². The van der Waals surface area contributed by atoms with Crippen LogP contribution < -0.4 is 22.5 Å². The molecule has 1 atom stereocenters. The number of nitrogens with zero attached hydrogens (tertiary/aromatic N) is 2. The molecule has 9 nitrogen and oxygen atoms in total. The van der Waals surface area contributed by atoms with Crippen LogP contribution in [-0.4, -0.2) is 33.0 Å². The lowest BCUT2D eigenvalue weighted by Gasteiger charge is -2.12. The first-order chi connectivity index (χ1) is 15.8. The van der Waals surface area contributed by atoms with E-state index in [1.165, 1.54) is 0 Å². The van der Waals surface area contributed by atoms with Gasteiger partial charge in [0.1, 0.15) is 11.9 Å². The highest BCUT2D eigenvalue weighted by Gasteiger charge is 2.16. The Labute approximate surface area is 190 Å². The highest BCUT2D eigenvalue weighted by molar-refractivity contribution is 5.98. The molecule has 0 spiro atoms. The number of nitrogens with two attached hydrogens (primary N) is 3.